The summed E-state index contributed by atoms with van der Waals surface area (Å²) in [4.78, 5) is 32.0. The Hall–Kier alpha value is -4.99. The Morgan fingerprint density at radius 2 is 1.05 bits per heavy atom. The molecule has 0 aliphatic carbocycles. The van der Waals surface area contributed by atoms with Crippen LogP contribution in [0.5, 0.6) is 34.5 Å². The number of aryl methyl sites for hydroxylation is 1. The Morgan fingerprint density at radius 3 is 1.38 bits per heavy atom. The Morgan fingerprint density at radius 1 is 0.650 bits per heavy atom. The topological polar surface area (TPSA) is 106 Å². The second-order valence-electron chi connectivity index (χ2n) is 8.29. The van der Waals surface area contributed by atoms with Gasteiger partial charge in [0.1, 0.15) is 5.82 Å². The fraction of sp³-hybridized carbons (Fsp3) is 0.233. The molecule has 1 aromatic heterocycles. The van der Waals surface area contributed by atoms with Crippen LogP contribution in [0.15, 0.2) is 54.7 Å². The summed E-state index contributed by atoms with van der Waals surface area (Å²) in [6.07, 6.45) is 7.17. The molecule has 0 aliphatic rings. The van der Waals surface area contributed by atoms with E-state index in [-0.39, 0.29) is 5.82 Å². The van der Waals surface area contributed by atoms with Crippen molar-refractivity contribution in [2.75, 3.05) is 47.6 Å². The van der Waals surface area contributed by atoms with Crippen molar-refractivity contribution in [3.05, 3.63) is 71.4 Å². The maximum absolute atomic E-state index is 13.4. The number of rotatable bonds is 11. The summed E-state index contributed by atoms with van der Waals surface area (Å²) < 4.78 is 32.2. The smallest absolute Gasteiger partial charge is 0.259 e. The molecule has 2 amide bonds. The third-order valence-corrected chi connectivity index (χ3v) is 5.78. The zero-order valence-corrected chi connectivity index (χ0v) is 23.5. The molecule has 3 aromatic rings. The molecule has 3 rings (SSSR count). The molecular weight excluding hydrogens is 516 g/mol. The number of methoxy groups -OCH3 is 6. The molecule has 0 N–H and O–H groups in total. The van der Waals surface area contributed by atoms with Crippen molar-refractivity contribution in [2.45, 2.75) is 6.92 Å². The molecule has 0 fully saturated rings. The Labute approximate surface area is 233 Å². The number of aromatic nitrogens is 1. The summed E-state index contributed by atoms with van der Waals surface area (Å²) >= 11 is 0. The number of imide groups is 1. The summed E-state index contributed by atoms with van der Waals surface area (Å²) in [6, 6.07) is 10.2. The molecule has 0 atom stereocenters. The van der Waals surface area contributed by atoms with Gasteiger partial charge in [-0.2, -0.15) is 0 Å². The third-order valence-electron chi connectivity index (χ3n) is 5.78. The summed E-state index contributed by atoms with van der Waals surface area (Å²) in [5.74, 6) is 1.52. The van der Waals surface area contributed by atoms with Gasteiger partial charge in [0.15, 0.2) is 23.0 Å². The summed E-state index contributed by atoms with van der Waals surface area (Å²) in [6.45, 7) is 1.84. The lowest BCUT2D eigenvalue weighted by molar-refractivity contribution is -0.121. The molecule has 0 aliphatic heterocycles. The molecule has 0 bridgehead atoms. The molecule has 1 heterocycles. The van der Waals surface area contributed by atoms with Crippen LogP contribution in [0.2, 0.25) is 0 Å². The van der Waals surface area contributed by atoms with Crippen LogP contribution in [0.1, 0.15) is 16.7 Å². The molecular formula is C30H32N2O8. The first-order chi connectivity index (χ1) is 19.3. The van der Waals surface area contributed by atoms with Gasteiger partial charge in [-0.3, -0.25) is 9.59 Å². The Kier molecular flexibility index (Phi) is 10.1. The van der Waals surface area contributed by atoms with Gasteiger partial charge >= 0.3 is 0 Å². The number of anilines is 1. The van der Waals surface area contributed by atoms with E-state index < -0.39 is 11.8 Å². The number of nitrogens with zero attached hydrogens (tertiary/aromatic N) is 2. The predicted octanol–water partition coefficient (Wildman–Crippen LogP) is 4.73. The maximum Gasteiger partial charge on any atom is 0.259 e. The maximum atomic E-state index is 13.4. The second-order valence-corrected chi connectivity index (χ2v) is 8.29. The number of ether oxygens (including phenoxy) is 6. The highest BCUT2D eigenvalue weighted by molar-refractivity contribution is 6.23. The predicted molar refractivity (Wildman–Crippen MR) is 152 cm³/mol. The highest BCUT2D eigenvalue weighted by atomic mass is 16.5. The van der Waals surface area contributed by atoms with Crippen LogP contribution >= 0.6 is 0 Å². The lowest BCUT2D eigenvalue weighted by Crippen LogP contribution is -2.35. The lowest BCUT2D eigenvalue weighted by Gasteiger charge is -2.17. The molecule has 10 nitrogen and oxygen atoms in total. The van der Waals surface area contributed by atoms with Crippen LogP contribution in [-0.4, -0.2) is 59.5 Å². The Bertz CT molecular complexity index is 1300. The molecule has 0 spiro atoms. The minimum absolute atomic E-state index is 0.180. The van der Waals surface area contributed by atoms with E-state index in [0.29, 0.717) is 45.6 Å². The van der Waals surface area contributed by atoms with Crippen LogP contribution in [0.4, 0.5) is 5.82 Å². The number of carbonyl (C=O) groups is 2. The zero-order chi connectivity index (χ0) is 29.2. The molecule has 0 radical (unpaired) electrons. The number of hydrogen-bond donors (Lipinski definition) is 0. The highest BCUT2D eigenvalue weighted by Crippen LogP contribution is 2.39. The molecule has 210 valence electrons. The van der Waals surface area contributed by atoms with Gasteiger partial charge in [0.25, 0.3) is 11.8 Å². The summed E-state index contributed by atoms with van der Waals surface area (Å²) in [7, 11) is 9.01. The van der Waals surface area contributed by atoms with E-state index in [0.717, 1.165) is 10.5 Å². The van der Waals surface area contributed by atoms with Crippen molar-refractivity contribution in [2.24, 2.45) is 0 Å². The standard InChI is InChI=1S/C30H32N2O8/c1-19-12-13-31-26(14-19)32(27(33)10-8-20-15-22(35-2)29(39-6)23(16-20)36-3)28(34)11-9-21-17-24(37-4)30(40-7)25(18-21)38-5/h8-18H,1-7H3/b10-8+,11-9+. The molecule has 0 unspecified atom stereocenters. The summed E-state index contributed by atoms with van der Waals surface area (Å²) in [5.41, 5.74) is 2.03. The highest BCUT2D eigenvalue weighted by Gasteiger charge is 2.22. The van der Waals surface area contributed by atoms with Crippen molar-refractivity contribution < 1.29 is 38.0 Å². The lowest BCUT2D eigenvalue weighted by atomic mass is 10.1. The SMILES string of the molecule is COc1cc(/C=C/C(=O)N(C(=O)/C=C/c2cc(OC)c(OC)c(OC)c2)c2cc(C)ccn2)cc(OC)c1OC. The average Bonchev–Trinajstić information content (AvgIpc) is 2.97. The van der Waals surface area contributed by atoms with Crippen molar-refractivity contribution in [3.8, 4) is 34.5 Å². The molecule has 40 heavy (non-hydrogen) atoms. The van der Waals surface area contributed by atoms with Crippen molar-refractivity contribution in [3.63, 3.8) is 0 Å². The minimum atomic E-state index is -0.605. The van der Waals surface area contributed by atoms with Crippen LogP contribution in [-0.2, 0) is 9.59 Å². The van der Waals surface area contributed by atoms with Gasteiger partial charge in [-0.25, -0.2) is 9.88 Å². The van der Waals surface area contributed by atoms with E-state index >= 15 is 0 Å². The number of amides is 2. The monoisotopic (exact) mass is 548 g/mol. The number of carbonyl (C=O) groups excluding carboxylic acids is 2. The number of benzene rings is 2. The second kappa shape index (κ2) is 13.7. The molecule has 0 saturated carbocycles. The first-order valence-corrected chi connectivity index (χ1v) is 12.1. The third kappa shape index (κ3) is 6.71. The first-order valence-electron chi connectivity index (χ1n) is 12.1. The van der Waals surface area contributed by atoms with E-state index in [1.54, 1.807) is 48.6 Å². The molecule has 0 saturated heterocycles. The van der Waals surface area contributed by atoms with Crippen molar-refractivity contribution in [1.29, 1.82) is 0 Å². The summed E-state index contributed by atoms with van der Waals surface area (Å²) in [5, 5.41) is 0. The average molecular weight is 549 g/mol. The fourth-order valence-electron chi connectivity index (χ4n) is 3.86. The van der Waals surface area contributed by atoms with E-state index in [1.165, 1.54) is 61.0 Å². The van der Waals surface area contributed by atoms with Gasteiger partial charge in [0.05, 0.1) is 42.7 Å². The van der Waals surface area contributed by atoms with Crippen LogP contribution < -0.4 is 33.3 Å². The fourth-order valence-corrected chi connectivity index (χ4v) is 3.86. The van der Waals surface area contributed by atoms with Gasteiger partial charge in [-0.15, -0.1) is 0 Å². The Balaban J connectivity index is 1.98. The van der Waals surface area contributed by atoms with Gasteiger partial charge in [0.2, 0.25) is 11.5 Å². The van der Waals surface area contributed by atoms with Gasteiger partial charge < -0.3 is 28.4 Å². The molecule has 2 aromatic carbocycles. The van der Waals surface area contributed by atoms with Crippen LogP contribution in [0, 0.1) is 6.92 Å². The van der Waals surface area contributed by atoms with Crippen LogP contribution in [0.25, 0.3) is 12.2 Å². The van der Waals surface area contributed by atoms with Gasteiger partial charge in [-0.05, 0) is 72.2 Å². The van der Waals surface area contributed by atoms with E-state index in [9.17, 15) is 9.59 Å². The molecule has 10 heteroatoms. The van der Waals surface area contributed by atoms with Gasteiger partial charge in [-0.1, -0.05) is 0 Å². The van der Waals surface area contributed by atoms with E-state index in [1.807, 2.05) is 6.92 Å². The normalized spacial score (nSPS) is 10.9. The van der Waals surface area contributed by atoms with Crippen LogP contribution in [0.3, 0.4) is 0 Å². The van der Waals surface area contributed by atoms with E-state index in [2.05, 4.69) is 4.98 Å². The largest absolute Gasteiger partial charge is 0.493 e. The van der Waals surface area contributed by atoms with Crippen molar-refractivity contribution in [1.82, 2.24) is 4.98 Å². The first kappa shape index (κ1) is 29.6. The minimum Gasteiger partial charge on any atom is -0.493 e. The zero-order valence-electron chi connectivity index (χ0n) is 23.5. The number of pyridine rings is 1. The van der Waals surface area contributed by atoms with Gasteiger partial charge in [0, 0.05) is 18.3 Å². The quantitative estimate of drug-likeness (QED) is 0.315. The number of hydrogen-bond acceptors (Lipinski definition) is 9. The van der Waals surface area contributed by atoms with E-state index in [4.69, 9.17) is 28.4 Å². The van der Waals surface area contributed by atoms with Crippen molar-refractivity contribution >= 4 is 29.8 Å².